The highest BCUT2D eigenvalue weighted by atomic mass is 16.5. The number of rotatable bonds is 9. The van der Waals surface area contributed by atoms with Crippen molar-refractivity contribution in [1.82, 2.24) is 5.32 Å². The maximum atomic E-state index is 5.64. The van der Waals surface area contributed by atoms with Crippen LogP contribution in [0, 0.1) is 0 Å². The predicted molar refractivity (Wildman–Crippen MR) is 79.1 cm³/mol. The van der Waals surface area contributed by atoms with Crippen LogP contribution >= 0.6 is 0 Å². The largest absolute Gasteiger partial charge is 0.491 e. The molecule has 1 N–H and O–H groups in total. The first kappa shape index (κ1) is 15.3. The Morgan fingerprint density at radius 1 is 1.25 bits per heavy atom. The minimum absolute atomic E-state index is 0.292. The van der Waals surface area contributed by atoms with Gasteiger partial charge in [0.05, 0.1) is 19.3 Å². The highest BCUT2D eigenvalue weighted by Crippen LogP contribution is 2.13. The van der Waals surface area contributed by atoms with Crippen molar-refractivity contribution in [3.8, 4) is 5.75 Å². The van der Waals surface area contributed by atoms with E-state index in [2.05, 4.69) is 24.4 Å². The maximum absolute atomic E-state index is 5.64. The molecule has 0 spiro atoms. The van der Waals surface area contributed by atoms with Crippen LogP contribution < -0.4 is 10.1 Å². The Bertz CT molecular complexity index is 360. The second-order valence-electron chi connectivity index (χ2n) is 4.98. The summed E-state index contributed by atoms with van der Waals surface area (Å²) in [6, 6.07) is 8.19. The van der Waals surface area contributed by atoms with E-state index in [0.29, 0.717) is 25.9 Å². The van der Waals surface area contributed by atoms with E-state index < -0.39 is 0 Å². The number of hydrogen-bond acceptors (Lipinski definition) is 4. The summed E-state index contributed by atoms with van der Waals surface area (Å²) in [5.41, 5.74) is 1.27. The lowest BCUT2D eigenvalue weighted by atomic mass is 10.2. The third-order valence-corrected chi connectivity index (χ3v) is 3.33. The minimum Gasteiger partial charge on any atom is -0.491 e. The van der Waals surface area contributed by atoms with Gasteiger partial charge < -0.3 is 19.5 Å². The van der Waals surface area contributed by atoms with Crippen LogP contribution in [-0.2, 0) is 16.0 Å². The van der Waals surface area contributed by atoms with Crippen LogP contribution in [0.15, 0.2) is 24.3 Å². The molecular formula is C16H25NO3. The summed E-state index contributed by atoms with van der Waals surface area (Å²) < 4.78 is 16.7. The van der Waals surface area contributed by atoms with Gasteiger partial charge in [0, 0.05) is 13.2 Å². The lowest BCUT2D eigenvalue weighted by Crippen LogP contribution is -2.17. The zero-order valence-electron chi connectivity index (χ0n) is 12.3. The molecule has 1 saturated heterocycles. The molecule has 0 saturated carbocycles. The normalized spacial score (nSPS) is 18.4. The number of hydrogen-bond donors (Lipinski definition) is 1. The molecule has 112 valence electrons. The molecule has 1 aromatic rings. The molecular weight excluding hydrogens is 254 g/mol. The molecule has 0 radical (unpaired) electrons. The number of nitrogens with one attached hydrogen (secondary N) is 1. The molecule has 0 bridgehead atoms. The molecule has 2 rings (SSSR count). The van der Waals surface area contributed by atoms with Gasteiger partial charge in [0.25, 0.3) is 0 Å². The van der Waals surface area contributed by atoms with Crippen LogP contribution in [0.25, 0.3) is 0 Å². The molecule has 1 unspecified atom stereocenters. The molecule has 0 aromatic heterocycles. The standard InChI is InChI=1S/C16H25NO3/c1-2-17-12-14-5-7-15(8-6-14)20-11-10-18-13-16-4-3-9-19-16/h5-8,16-17H,2-4,9-13H2,1H3. The van der Waals surface area contributed by atoms with Gasteiger partial charge in [0.1, 0.15) is 12.4 Å². The summed E-state index contributed by atoms with van der Waals surface area (Å²) in [7, 11) is 0. The Hall–Kier alpha value is -1.10. The molecule has 1 aliphatic heterocycles. The van der Waals surface area contributed by atoms with Gasteiger partial charge in [-0.25, -0.2) is 0 Å². The first-order chi connectivity index (χ1) is 9.88. The molecule has 1 aromatic carbocycles. The Morgan fingerprint density at radius 3 is 2.80 bits per heavy atom. The topological polar surface area (TPSA) is 39.7 Å². The first-order valence-electron chi connectivity index (χ1n) is 7.50. The molecule has 1 heterocycles. The fraction of sp³-hybridized carbons (Fsp3) is 0.625. The fourth-order valence-corrected chi connectivity index (χ4v) is 2.18. The van der Waals surface area contributed by atoms with Crippen molar-refractivity contribution in [1.29, 1.82) is 0 Å². The van der Waals surface area contributed by atoms with Gasteiger partial charge in [-0.2, -0.15) is 0 Å². The lowest BCUT2D eigenvalue weighted by molar-refractivity contribution is 0.00853. The zero-order valence-corrected chi connectivity index (χ0v) is 12.3. The Kier molecular flexibility index (Phi) is 6.84. The van der Waals surface area contributed by atoms with Crippen molar-refractivity contribution in [3.63, 3.8) is 0 Å². The van der Waals surface area contributed by atoms with Gasteiger partial charge in [-0.3, -0.25) is 0 Å². The van der Waals surface area contributed by atoms with Crippen LogP contribution in [0.4, 0.5) is 0 Å². The number of benzene rings is 1. The number of ether oxygens (including phenoxy) is 3. The molecule has 1 fully saturated rings. The highest BCUT2D eigenvalue weighted by molar-refractivity contribution is 5.27. The highest BCUT2D eigenvalue weighted by Gasteiger charge is 2.14. The summed E-state index contributed by atoms with van der Waals surface area (Å²) >= 11 is 0. The molecule has 1 aliphatic rings. The average molecular weight is 279 g/mol. The molecule has 0 aliphatic carbocycles. The van der Waals surface area contributed by atoms with E-state index in [9.17, 15) is 0 Å². The molecule has 0 amide bonds. The van der Waals surface area contributed by atoms with E-state index in [0.717, 1.165) is 38.3 Å². The Labute approximate surface area is 121 Å². The van der Waals surface area contributed by atoms with Gasteiger partial charge in [0.2, 0.25) is 0 Å². The zero-order chi connectivity index (χ0) is 14.0. The smallest absolute Gasteiger partial charge is 0.119 e. The maximum Gasteiger partial charge on any atom is 0.119 e. The van der Waals surface area contributed by atoms with E-state index in [1.165, 1.54) is 5.56 Å². The van der Waals surface area contributed by atoms with Crippen molar-refractivity contribution < 1.29 is 14.2 Å². The van der Waals surface area contributed by atoms with Crippen LogP contribution in [0.2, 0.25) is 0 Å². The quantitative estimate of drug-likeness (QED) is 0.705. The predicted octanol–water partition coefficient (Wildman–Crippen LogP) is 2.37. The summed E-state index contributed by atoms with van der Waals surface area (Å²) in [6.45, 7) is 6.75. The lowest BCUT2D eigenvalue weighted by Gasteiger charge is -2.11. The van der Waals surface area contributed by atoms with Gasteiger partial charge in [-0.15, -0.1) is 0 Å². The monoisotopic (exact) mass is 279 g/mol. The average Bonchev–Trinajstić information content (AvgIpc) is 2.99. The van der Waals surface area contributed by atoms with Crippen LogP contribution in [0.3, 0.4) is 0 Å². The first-order valence-corrected chi connectivity index (χ1v) is 7.50. The van der Waals surface area contributed by atoms with Gasteiger partial charge in [0.15, 0.2) is 0 Å². The van der Waals surface area contributed by atoms with Crippen molar-refractivity contribution in [2.75, 3.05) is 33.0 Å². The van der Waals surface area contributed by atoms with E-state index >= 15 is 0 Å². The molecule has 20 heavy (non-hydrogen) atoms. The van der Waals surface area contributed by atoms with Crippen molar-refractivity contribution >= 4 is 0 Å². The van der Waals surface area contributed by atoms with Crippen molar-refractivity contribution in [2.24, 2.45) is 0 Å². The van der Waals surface area contributed by atoms with Crippen LogP contribution in [0.5, 0.6) is 5.75 Å². The van der Waals surface area contributed by atoms with E-state index in [4.69, 9.17) is 14.2 Å². The van der Waals surface area contributed by atoms with Gasteiger partial charge in [-0.1, -0.05) is 19.1 Å². The molecule has 4 nitrogen and oxygen atoms in total. The minimum atomic E-state index is 0.292. The summed E-state index contributed by atoms with van der Waals surface area (Å²) in [5.74, 6) is 0.894. The summed E-state index contributed by atoms with van der Waals surface area (Å²) in [4.78, 5) is 0. The fourth-order valence-electron chi connectivity index (χ4n) is 2.18. The van der Waals surface area contributed by atoms with Gasteiger partial charge >= 0.3 is 0 Å². The third kappa shape index (κ3) is 5.49. The van der Waals surface area contributed by atoms with E-state index in [-0.39, 0.29) is 0 Å². The van der Waals surface area contributed by atoms with Crippen LogP contribution in [0.1, 0.15) is 25.3 Å². The van der Waals surface area contributed by atoms with Crippen molar-refractivity contribution in [2.45, 2.75) is 32.4 Å². The SMILES string of the molecule is CCNCc1ccc(OCCOCC2CCCO2)cc1. The molecule has 1 atom stereocenters. The van der Waals surface area contributed by atoms with E-state index in [1.54, 1.807) is 0 Å². The Morgan fingerprint density at radius 2 is 2.10 bits per heavy atom. The second kappa shape index (κ2) is 8.95. The summed E-state index contributed by atoms with van der Waals surface area (Å²) in [5, 5.41) is 3.30. The van der Waals surface area contributed by atoms with Gasteiger partial charge in [-0.05, 0) is 37.1 Å². The Balaban J connectivity index is 1.56. The summed E-state index contributed by atoms with van der Waals surface area (Å²) in [6.07, 6.45) is 2.57. The molecule has 4 heteroatoms. The van der Waals surface area contributed by atoms with E-state index in [1.807, 2.05) is 12.1 Å². The third-order valence-electron chi connectivity index (χ3n) is 3.33. The van der Waals surface area contributed by atoms with Crippen LogP contribution in [-0.4, -0.2) is 39.1 Å². The van der Waals surface area contributed by atoms with Crippen molar-refractivity contribution in [3.05, 3.63) is 29.8 Å². The second-order valence-corrected chi connectivity index (χ2v) is 4.98.